The Labute approximate surface area is 163 Å². The molecule has 2 fully saturated rings. The number of carbonyl (C=O) groups is 3. The highest BCUT2D eigenvalue weighted by atomic mass is 16.5. The second kappa shape index (κ2) is 8.37. The molecule has 2 N–H and O–H groups in total. The number of aliphatic carboxylic acids is 1. The smallest absolute Gasteiger partial charge is 0.318 e. The Morgan fingerprint density at radius 2 is 1.79 bits per heavy atom. The van der Waals surface area contributed by atoms with Crippen molar-refractivity contribution in [3.8, 4) is 11.5 Å². The maximum absolute atomic E-state index is 12.8. The van der Waals surface area contributed by atoms with Crippen LogP contribution in [0.1, 0.15) is 19.3 Å². The molecule has 2 aliphatic rings. The molecule has 2 heterocycles. The molecule has 2 atom stereocenters. The highest BCUT2D eigenvalue weighted by Gasteiger charge is 2.36. The van der Waals surface area contributed by atoms with Crippen LogP contribution >= 0.6 is 0 Å². The topological polar surface area (TPSA) is 108 Å². The third kappa shape index (κ3) is 4.13. The van der Waals surface area contributed by atoms with Crippen molar-refractivity contribution >= 4 is 23.6 Å². The number of hydrogen-bond donors (Lipinski definition) is 2. The minimum Gasteiger partial charge on any atom is -0.497 e. The molecule has 3 amide bonds. The van der Waals surface area contributed by atoms with Gasteiger partial charge in [-0.15, -0.1) is 0 Å². The van der Waals surface area contributed by atoms with Crippen LogP contribution in [0.3, 0.4) is 0 Å². The van der Waals surface area contributed by atoms with Crippen molar-refractivity contribution in [1.82, 2.24) is 10.2 Å². The number of hydrogen-bond acceptors (Lipinski definition) is 5. The first-order valence-electron chi connectivity index (χ1n) is 9.25. The number of benzene rings is 1. The number of amides is 3. The zero-order chi connectivity index (χ0) is 20.3. The van der Waals surface area contributed by atoms with Gasteiger partial charge < -0.3 is 29.7 Å². The molecule has 2 unspecified atom stereocenters. The predicted molar refractivity (Wildman–Crippen MR) is 101 cm³/mol. The fraction of sp³-hybridized carbons (Fsp3) is 0.526. The van der Waals surface area contributed by atoms with Gasteiger partial charge in [-0.3, -0.25) is 9.59 Å². The second-order valence-electron chi connectivity index (χ2n) is 6.97. The number of carboxylic acid groups (broad SMARTS) is 1. The molecule has 9 nitrogen and oxygen atoms in total. The summed E-state index contributed by atoms with van der Waals surface area (Å²) < 4.78 is 10.5. The first kappa shape index (κ1) is 19.8. The van der Waals surface area contributed by atoms with E-state index in [0.29, 0.717) is 49.5 Å². The molecule has 1 aromatic carbocycles. The Balaban J connectivity index is 1.66. The summed E-state index contributed by atoms with van der Waals surface area (Å²) in [5.74, 6) is -0.520. The van der Waals surface area contributed by atoms with Crippen LogP contribution in [0.25, 0.3) is 0 Å². The molecule has 1 aromatic rings. The fourth-order valence-corrected chi connectivity index (χ4v) is 3.62. The predicted octanol–water partition coefficient (Wildman–Crippen LogP) is 1.32. The van der Waals surface area contributed by atoms with Gasteiger partial charge in [-0.1, -0.05) is 0 Å². The first-order chi connectivity index (χ1) is 13.4. The van der Waals surface area contributed by atoms with E-state index in [1.54, 1.807) is 23.1 Å². The molecule has 0 aromatic heterocycles. The van der Waals surface area contributed by atoms with E-state index in [1.165, 1.54) is 19.1 Å². The van der Waals surface area contributed by atoms with Crippen LogP contribution < -0.4 is 19.7 Å². The number of nitrogens with one attached hydrogen (secondary N) is 1. The molecule has 0 bridgehead atoms. The monoisotopic (exact) mass is 391 g/mol. The molecule has 0 saturated carbocycles. The quantitative estimate of drug-likeness (QED) is 0.784. The summed E-state index contributed by atoms with van der Waals surface area (Å²) in [5.41, 5.74) is 0.641. The number of anilines is 1. The standard InChI is InChI=1S/C19H25N3O6/c1-27-14-8-13(9-15(10-14)28-2)22-7-5-16(17(22)23)20-19(26)21-6-3-4-12(11-21)18(24)25/h8-10,12,16H,3-7,11H2,1-2H3,(H,20,26)(H,24,25). The average molecular weight is 391 g/mol. The summed E-state index contributed by atoms with van der Waals surface area (Å²) in [6.45, 7) is 1.12. The van der Waals surface area contributed by atoms with E-state index in [-0.39, 0.29) is 12.5 Å². The number of urea groups is 1. The molecular weight excluding hydrogens is 366 g/mol. The number of carbonyl (C=O) groups excluding carboxylic acids is 2. The average Bonchev–Trinajstić information content (AvgIpc) is 3.07. The molecule has 152 valence electrons. The Hall–Kier alpha value is -2.97. The lowest BCUT2D eigenvalue weighted by atomic mass is 9.99. The van der Waals surface area contributed by atoms with Crippen LogP contribution in [0, 0.1) is 5.92 Å². The van der Waals surface area contributed by atoms with Crippen LogP contribution in [0.4, 0.5) is 10.5 Å². The van der Waals surface area contributed by atoms with Gasteiger partial charge in [-0.2, -0.15) is 0 Å². The minimum atomic E-state index is -0.896. The Bertz CT molecular complexity index is 746. The summed E-state index contributed by atoms with van der Waals surface area (Å²) in [5, 5.41) is 11.9. The van der Waals surface area contributed by atoms with Gasteiger partial charge >= 0.3 is 12.0 Å². The number of likely N-dealkylation sites (tertiary alicyclic amines) is 1. The van der Waals surface area contributed by atoms with Crippen molar-refractivity contribution in [2.24, 2.45) is 5.92 Å². The molecule has 0 radical (unpaired) electrons. The normalized spacial score (nSPS) is 22.1. The van der Waals surface area contributed by atoms with E-state index in [0.717, 1.165) is 0 Å². The van der Waals surface area contributed by atoms with E-state index in [4.69, 9.17) is 9.47 Å². The van der Waals surface area contributed by atoms with E-state index >= 15 is 0 Å². The number of methoxy groups -OCH3 is 2. The lowest BCUT2D eigenvalue weighted by Crippen LogP contribution is -2.51. The van der Waals surface area contributed by atoms with Gasteiger partial charge in [0.1, 0.15) is 17.5 Å². The molecule has 2 saturated heterocycles. The van der Waals surface area contributed by atoms with Crippen molar-refractivity contribution in [1.29, 1.82) is 0 Å². The number of ether oxygens (including phenoxy) is 2. The SMILES string of the molecule is COc1cc(OC)cc(N2CCC(NC(=O)N3CCCC(C(=O)O)C3)C2=O)c1. The largest absolute Gasteiger partial charge is 0.497 e. The maximum atomic E-state index is 12.8. The third-order valence-electron chi connectivity index (χ3n) is 5.21. The molecular formula is C19H25N3O6. The van der Waals surface area contributed by atoms with Gasteiger partial charge in [-0.25, -0.2) is 4.79 Å². The maximum Gasteiger partial charge on any atom is 0.318 e. The van der Waals surface area contributed by atoms with Gasteiger partial charge in [-0.05, 0) is 19.3 Å². The Kier molecular flexibility index (Phi) is 5.91. The van der Waals surface area contributed by atoms with E-state index in [9.17, 15) is 19.5 Å². The van der Waals surface area contributed by atoms with Crippen LogP contribution in [-0.4, -0.2) is 67.8 Å². The van der Waals surface area contributed by atoms with Crippen LogP contribution in [-0.2, 0) is 9.59 Å². The van der Waals surface area contributed by atoms with Gasteiger partial charge in [0, 0.05) is 37.8 Å². The van der Waals surface area contributed by atoms with Crippen LogP contribution in [0.15, 0.2) is 18.2 Å². The summed E-state index contributed by atoms with van der Waals surface area (Å²) in [6, 6.07) is 4.17. The minimum absolute atomic E-state index is 0.166. The van der Waals surface area contributed by atoms with Gasteiger partial charge in [0.25, 0.3) is 0 Å². The number of rotatable bonds is 5. The van der Waals surface area contributed by atoms with Crippen molar-refractivity contribution in [2.75, 3.05) is 38.8 Å². The van der Waals surface area contributed by atoms with Crippen molar-refractivity contribution in [3.05, 3.63) is 18.2 Å². The Morgan fingerprint density at radius 3 is 2.39 bits per heavy atom. The van der Waals surface area contributed by atoms with Crippen molar-refractivity contribution in [3.63, 3.8) is 0 Å². The highest BCUT2D eigenvalue weighted by Crippen LogP contribution is 2.31. The molecule has 2 aliphatic heterocycles. The highest BCUT2D eigenvalue weighted by molar-refractivity contribution is 6.01. The van der Waals surface area contributed by atoms with E-state index < -0.39 is 24.0 Å². The first-order valence-corrected chi connectivity index (χ1v) is 9.25. The lowest BCUT2D eigenvalue weighted by Gasteiger charge is -2.31. The zero-order valence-electron chi connectivity index (χ0n) is 16.0. The summed E-state index contributed by atoms with van der Waals surface area (Å²) in [4.78, 5) is 39.6. The summed E-state index contributed by atoms with van der Waals surface area (Å²) in [7, 11) is 3.08. The van der Waals surface area contributed by atoms with Gasteiger partial charge in [0.2, 0.25) is 5.91 Å². The van der Waals surface area contributed by atoms with Crippen molar-refractivity contribution < 1.29 is 29.0 Å². The Morgan fingerprint density at radius 1 is 1.11 bits per heavy atom. The fourth-order valence-electron chi connectivity index (χ4n) is 3.62. The number of nitrogens with zero attached hydrogens (tertiary/aromatic N) is 2. The molecule has 0 aliphatic carbocycles. The van der Waals surface area contributed by atoms with Gasteiger partial charge in [0.05, 0.1) is 25.8 Å². The van der Waals surface area contributed by atoms with Crippen LogP contribution in [0.5, 0.6) is 11.5 Å². The molecule has 9 heteroatoms. The van der Waals surface area contributed by atoms with E-state index in [1.807, 2.05) is 0 Å². The van der Waals surface area contributed by atoms with E-state index in [2.05, 4.69) is 5.32 Å². The van der Waals surface area contributed by atoms with Crippen LogP contribution in [0.2, 0.25) is 0 Å². The summed E-state index contributed by atoms with van der Waals surface area (Å²) in [6.07, 6.45) is 1.67. The zero-order valence-corrected chi connectivity index (χ0v) is 16.0. The lowest BCUT2D eigenvalue weighted by molar-refractivity contribution is -0.143. The molecule has 0 spiro atoms. The second-order valence-corrected chi connectivity index (χ2v) is 6.97. The number of carboxylic acids is 1. The van der Waals surface area contributed by atoms with Crippen molar-refractivity contribution in [2.45, 2.75) is 25.3 Å². The molecule has 28 heavy (non-hydrogen) atoms. The summed E-state index contributed by atoms with van der Waals surface area (Å²) >= 11 is 0. The molecule has 3 rings (SSSR count). The van der Waals surface area contributed by atoms with Gasteiger partial charge in [0.15, 0.2) is 0 Å². The number of piperidine rings is 1. The third-order valence-corrected chi connectivity index (χ3v) is 5.21.